The number of aromatic nitrogens is 1. The fourth-order valence-electron chi connectivity index (χ4n) is 1.74. The van der Waals surface area contributed by atoms with Crippen LogP contribution in [0.2, 0.25) is 5.02 Å². The second-order valence-electron chi connectivity index (χ2n) is 4.15. The molecule has 1 unspecified atom stereocenters. The van der Waals surface area contributed by atoms with Crippen molar-refractivity contribution >= 4 is 43.5 Å². The highest BCUT2D eigenvalue weighted by molar-refractivity contribution is 9.10. The molecule has 0 amide bonds. The SMILES string of the molecule is Cc1cc(C(Br)Cc2ccncc2Cl)ccc1Br. The summed E-state index contributed by atoms with van der Waals surface area (Å²) in [6.45, 7) is 2.09. The summed E-state index contributed by atoms with van der Waals surface area (Å²) in [5.74, 6) is 0. The summed E-state index contributed by atoms with van der Waals surface area (Å²) in [4.78, 5) is 4.25. The number of hydrogen-bond donors (Lipinski definition) is 0. The van der Waals surface area contributed by atoms with Gasteiger partial charge in [0.15, 0.2) is 0 Å². The lowest BCUT2D eigenvalue weighted by molar-refractivity contribution is 0.942. The van der Waals surface area contributed by atoms with Gasteiger partial charge in [-0.15, -0.1) is 0 Å². The number of benzene rings is 1. The average molecular weight is 390 g/mol. The zero-order valence-corrected chi connectivity index (χ0v) is 13.8. The fourth-order valence-corrected chi connectivity index (χ4v) is 2.82. The van der Waals surface area contributed by atoms with Crippen LogP contribution in [0.25, 0.3) is 0 Å². The quantitative estimate of drug-likeness (QED) is 0.633. The Bertz CT molecular complexity index is 557. The van der Waals surface area contributed by atoms with Crippen LogP contribution >= 0.6 is 43.5 Å². The maximum Gasteiger partial charge on any atom is 0.0621 e. The van der Waals surface area contributed by atoms with Crippen LogP contribution in [0, 0.1) is 6.92 Å². The van der Waals surface area contributed by atoms with E-state index in [4.69, 9.17) is 11.6 Å². The van der Waals surface area contributed by atoms with Gasteiger partial charge in [0.05, 0.1) is 5.02 Å². The lowest BCUT2D eigenvalue weighted by atomic mass is 10.0. The van der Waals surface area contributed by atoms with Gasteiger partial charge in [-0.05, 0) is 42.2 Å². The minimum absolute atomic E-state index is 0.254. The number of hydrogen-bond acceptors (Lipinski definition) is 1. The smallest absolute Gasteiger partial charge is 0.0621 e. The van der Waals surface area contributed by atoms with Crippen molar-refractivity contribution < 1.29 is 0 Å². The molecule has 2 aromatic rings. The number of alkyl halides is 1. The van der Waals surface area contributed by atoms with Crippen molar-refractivity contribution in [3.63, 3.8) is 0 Å². The lowest BCUT2D eigenvalue weighted by Crippen LogP contribution is -1.97. The van der Waals surface area contributed by atoms with Gasteiger partial charge in [0, 0.05) is 21.7 Å². The highest BCUT2D eigenvalue weighted by Crippen LogP contribution is 2.31. The van der Waals surface area contributed by atoms with Crippen LogP contribution < -0.4 is 0 Å². The van der Waals surface area contributed by atoms with Gasteiger partial charge in [-0.2, -0.15) is 0 Å². The van der Waals surface area contributed by atoms with Crippen molar-refractivity contribution in [1.82, 2.24) is 4.98 Å². The standard InChI is InChI=1S/C14H12Br2ClN/c1-9-6-10(2-3-12(9)15)13(16)7-11-4-5-18-8-14(11)17/h2-6,8,13H,7H2,1H3. The van der Waals surface area contributed by atoms with Crippen LogP contribution in [0.15, 0.2) is 41.1 Å². The Hall–Kier alpha value is -0.380. The summed E-state index contributed by atoms with van der Waals surface area (Å²) in [6.07, 6.45) is 4.31. The van der Waals surface area contributed by atoms with Crippen molar-refractivity contribution in [2.45, 2.75) is 18.2 Å². The monoisotopic (exact) mass is 387 g/mol. The van der Waals surface area contributed by atoms with Crippen molar-refractivity contribution in [3.8, 4) is 0 Å². The molecule has 0 aliphatic carbocycles. The molecule has 0 aliphatic rings. The third-order valence-corrected chi connectivity index (χ3v) is 4.88. The number of pyridine rings is 1. The molecule has 94 valence electrons. The van der Waals surface area contributed by atoms with Gasteiger partial charge in [0.25, 0.3) is 0 Å². The van der Waals surface area contributed by atoms with Crippen LogP contribution in [0.4, 0.5) is 0 Å². The van der Waals surface area contributed by atoms with E-state index in [1.165, 1.54) is 11.1 Å². The zero-order valence-electron chi connectivity index (χ0n) is 9.83. The summed E-state index contributed by atoms with van der Waals surface area (Å²) in [6, 6.07) is 8.33. The van der Waals surface area contributed by atoms with E-state index >= 15 is 0 Å². The number of aryl methyl sites for hydroxylation is 1. The van der Waals surface area contributed by atoms with E-state index in [1.54, 1.807) is 12.4 Å². The maximum atomic E-state index is 6.12. The Morgan fingerprint density at radius 1 is 1.33 bits per heavy atom. The molecule has 18 heavy (non-hydrogen) atoms. The molecular weight excluding hydrogens is 377 g/mol. The molecule has 2 rings (SSSR count). The molecule has 0 saturated heterocycles. The average Bonchev–Trinajstić information content (AvgIpc) is 2.35. The van der Waals surface area contributed by atoms with Gasteiger partial charge < -0.3 is 0 Å². The lowest BCUT2D eigenvalue weighted by Gasteiger charge is -2.12. The minimum atomic E-state index is 0.254. The summed E-state index contributed by atoms with van der Waals surface area (Å²) in [7, 11) is 0. The van der Waals surface area contributed by atoms with Crippen LogP contribution in [0.3, 0.4) is 0 Å². The topological polar surface area (TPSA) is 12.9 Å². The highest BCUT2D eigenvalue weighted by atomic mass is 79.9. The zero-order chi connectivity index (χ0) is 13.1. The van der Waals surface area contributed by atoms with E-state index < -0.39 is 0 Å². The molecular formula is C14H12Br2ClN. The Morgan fingerprint density at radius 3 is 2.78 bits per heavy atom. The molecule has 4 heteroatoms. The molecule has 0 N–H and O–H groups in total. The van der Waals surface area contributed by atoms with Gasteiger partial charge in [-0.1, -0.05) is 55.6 Å². The van der Waals surface area contributed by atoms with Crippen LogP contribution in [-0.2, 0) is 6.42 Å². The van der Waals surface area contributed by atoms with Crippen molar-refractivity contribution in [3.05, 3.63) is 62.8 Å². The normalized spacial score (nSPS) is 12.4. The molecule has 0 fully saturated rings. The third-order valence-electron chi connectivity index (χ3n) is 2.80. The predicted molar refractivity (Wildman–Crippen MR) is 83.5 cm³/mol. The number of halogens is 3. The Labute approximate surface area is 129 Å². The van der Waals surface area contributed by atoms with E-state index in [0.29, 0.717) is 0 Å². The Morgan fingerprint density at radius 2 is 2.11 bits per heavy atom. The Kier molecular flexibility index (Phi) is 4.82. The summed E-state index contributed by atoms with van der Waals surface area (Å²) in [5.41, 5.74) is 3.59. The van der Waals surface area contributed by atoms with E-state index in [2.05, 4.69) is 62.0 Å². The first-order valence-electron chi connectivity index (χ1n) is 5.56. The van der Waals surface area contributed by atoms with Crippen LogP contribution in [-0.4, -0.2) is 4.98 Å². The van der Waals surface area contributed by atoms with Gasteiger partial charge >= 0.3 is 0 Å². The molecule has 0 radical (unpaired) electrons. The van der Waals surface area contributed by atoms with E-state index in [1.807, 2.05) is 6.07 Å². The molecule has 0 saturated carbocycles. The van der Waals surface area contributed by atoms with Gasteiger partial charge in [-0.3, -0.25) is 4.98 Å². The molecule has 0 aliphatic heterocycles. The summed E-state index contributed by atoms with van der Waals surface area (Å²) >= 11 is 13.4. The first kappa shape index (κ1) is 14.0. The van der Waals surface area contributed by atoms with Gasteiger partial charge in [0.1, 0.15) is 0 Å². The molecule has 1 nitrogen and oxygen atoms in total. The second-order valence-corrected chi connectivity index (χ2v) is 6.51. The molecule has 0 spiro atoms. The van der Waals surface area contributed by atoms with E-state index in [-0.39, 0.29) is 4.83 Å². The first-order valence-corrected chi connectivity index (χ1v) is 7.65. The van der Waals surface area contributed by atoms with E-state index in [9.17, 15) is 0 Å². The Balaban J connectivity index is 2.19. The van der Waals surface area contributed by atoms with Gasteiger partial charge in [-0.25, -0.2) is 0 Å². The minimum Gasteiger partial charge on any atom is -0.263 e. The summed E-state index contributed by atoms with van der Waals surface area (Å²) < 4.78 is 1.13. The van der Waals surface area contributed by atoms with E-state index in [0.717, 1.165) is 21.5 Å². The summed E-state index contributed by atoms with van der Waals surface area (Å²) in [5, 5.41) is 0.718. The fraction of sp³-hybridized carbons (Fsp3) is 0.214. The molecule has 1 aromatic carbocycles. The highest BCUT2D eigenvalue weighted by Gasteiger charge is 2.11. The molecule has 1 heterocycles. The van der Waals surface area contributed by atoms with Crippen molar-refractivity contribution in [2.75, 3.05) is 0 Å². The third kappa shape index (κ3) is 3.34. The molecule has 1 aromatic heterocycles. The first-order chi connectivity index (χ1) is 8.58. The van der Waals surface area contributed by atoms with Crippen LogP contribution in [0.5, 0.6) is 0 Å². The molecule has 0 bridgehead atoms. The molecule has 1 atom stereocenters. The number of nitrogens with zero attached hydrogens (tertiary/aromatic N) is 1. The largest absolute Gasteiger partial charge is 0.263 e. The predicted octanol–water partition coefficient (Wildman–Crippen LogP) is 5.48. The maximum absolute atomic E-state index is 6.12. The van der Waals surface area contributed by atoms with Gasteiger partial charge in [0.2, 0.25) is 0 Å². The van der Waals surface area contributed by atoms with Crippen molar-refractivity contribution in [1.29, 1.82) is 0 Å². The number of rotatable bonds is 3. The van der Waals surface area contributed by atoms with Crippen molar-refractivity contribution in [2.24, 2.45) is 0 Å². The second kappa shape index (κ2) is 6.18. The van der Waals surface area contributed by atoms with Crippen LogP contribution in [0.1, 0.15) is 21.5 Å².